The number of hydrogen-bond acceptors (Lipinski definition) is 6. The topological polar surface area (TPSA) is 126 Å². The van der Waals surface area contributed by atoms with Crippen molar-refractivity contribution in [3.63, 3.8) is 0 Å². The number of anilines is 3. The van der Waals surface area contributed by atoms with Gasteiger partial charge in [0.15, 0.2) is 0 Å². The van der Waals surface area contributed by atoms with Crippen LogP contribution in [0, 0.1) is 0 Å². The molecule has 0 unspecified atom stereocenters. The van der Waals surface area contributed by atoms with Gasteiger partial charge in [-0.2, -0.15) is 18.2 Å². The van der Waals surface area contributed by atoms with Gasteiger partial charge in [0.05, 0.1) is 16.8 Å². The Morgan fingerprint density at radius 3 is 2.57 bits per heavy atom. The molecular formula is C17H16ClF3N6O2S. The highest BCUT2D eigenvalue weighted by atomic mass is 35.5. The van der Waals surface area contributed by atoms with E-state index in [1.807, 2.05) is 0 Å². The summed E-state index contributed by atoms with van der Waals surface area (Å²) in [5.74, 6) is -0.0194. The lowest BCUT2D eigenvalue weighted by Gasteiger charge is -2.17. The average molecular weight is 461 g/mol. The SMILES string of the molecule is CS(=O)(=O)NCc1cccc(-c2c(Cl)cc(Nc3n[nH]c(N)n3)cc2C(F)(F)F)c1. The third-order valence-corrected chi connectivity index (χ3v) is 4.88. The molecule has 0 aliphatic carbocycles. The van der Waals surface area contributed by atoms with Crippen LogP contribution in [0.2, 0.25) is 5.02 Å². The van der Waals surface area contributed by atoms with Gasteiger partial charge in [-0.3, -0.25) is 0 Å². The van der Waals surface area contributed by atoms with Crippen molar-refractivity contribution in [2.24, 2.45) is 0 Å². The number of nitrogens with two attached hydrogens (primary N) is 1. The summed E-state index contributed by atoms with van der Waals surface area (Å²) >= 11 is 6.22. The van der Waals surface area contributed by atoms with Crippen LogP contribution < -0.4 is 15.8 Å². The molecule has 0 bridgehead atoms. The molecule has 0 amide bonds. The van der Waals surface area contributed by atoms with E-state index in [2.05, 4.69) is 25.2 Å². The molecule has 0 spiro atoms. The summed E-state index contributed by atoms with van der Waals surface area (Å²) in [4.78, 5) is 3.78. The number of H-pyrrole nitrogens is 1. The smallest absolute Gasteiger partial charge is 0.368 e. The van der Waals surface area contributed by atoms with E-state index in [1.54, 1.807) is 6.07 Å². The zero-order valence-electron chi connectivity index (χ0n) is 15.4. The van der Waals surface area contributed by atoms with Gasteiger partial charge in [-0.1, -0.05) is 29.8 Å². The van der Waals surface area contributed by atoms with Crippen LogP contribution in [0.4, 0.5) is 30.8 Å². The highest BCUT2D eigenvalue weighted by molar-refractivity contribution is 7.88. The van der Waals surface area contributed by atoms with Crippen molar-refractivity contribution in [3.05, 3.63) is 52.5 Å². The molecule has 3 rings (SSSR count). The quantitative estimate of drug-likeness (QED) is 0.446. The summed E-state index contributed by atoms with van der Waals surface area (Å²) in [5, 5.41) is 8.52. The third-order valence-electron chi connectivity index (χ3n) is 3.91. The Kier molecular flexibility index (Phi) is 5.92. The first-order valence-corrected chi connectivity index (χ1v) is 10.6. The number of rotatable bonds is 6. The number of benzene rings is 2. The number of nitrogen functional groups attached to an aromatic ring is 1. The number of nitrogens with one attached hydrogen (secondary N) is 3. The molecule has 1 aromatic heterocycles. The predicted octanol–water partition coefficient (Wildman–Crippen LogP) is 3.52. The maximum absolute atomic E-state index is 13.8. The van der Waals surface area contributed by atoms with Gasteiger partial charge in [-0.05, 0) is 29.3 Å². The van der Waals surface area contributed by atoms with E-state index in [9.17, 15) is 21.6 Å². The molecule has 0 radical (unpaired) electrons. The van der Waals surface area contributed by atoms with Crippen LogP contribution in [0.25, 0.3) is 11.1 Å². The van der Waals surface area contributed by atoms with Gasteiger partial charge >= 0.3 is 6.18 Å². The monoisotopic (exact) mass is 460 g/mol. The summed E-state index contributed by atoms with van der Waals surface area (Å²) in [5.41, 5.74) is 4.88. The van der Waals surface area contributed by atoms with E-state index in [0.717, 1.165) is 12.3 Å². The highest BCUT2D eigenvalue weighted by Crippen LogP contribution is 2.43. The molecule has 2 aromatic carbocycles. The van der Waals surface area contributed by atoms with Crippen molar-refractivity contribution < 1.29 is 21.6 Å². The summed E-state index contributed by atoms with van der Waals surface area (Å²) < 4.78 is 66.3. The van der Waals surface area contributed by atoms with Crippen molar-refractivity contribution in [3.8, 4) is 11.1 Å². The van der Waals surface area contributed by atoms with Gasteiger partial charge in [0.2, 0.25) is 21.9 Å². The van der Waals surface area contributed by atoms with Crippen molar-refractivity contribution >= 4 is 39.2 Å². The van der Waals surface area contributed by atoms with Crippen molar-refractivity contribution in [1.29, 1.82) is 0 Å². The zero-order chi connectivity index (χ0) is 22.1. The number of halogens is 4. The van der Waals surface area contributed by atoms with Gasteiger partial charge in [0.25, 0.3) is 0 Å². The lowest BCUT2D eigenvalue weighted by molar-refractivity contribution is -0.137. The molecule has 30 heavy (non-hydrogen) atoms. The number of alkyl halides is 3. The van der Waals surface area contributed by atoms with E-state index in [0.29, 0.717) is 5.56 Å². The molecule has 0 saturated heterocycles. The van der Waals surface area contributed by atoms with Gasteiger partial charge < -0.3 is 11.1 Å². The van der Waals surface area contributed by atoms with Crippen molar-refractivity contribution in [2.75, 3.05) is 17.3 Å². The number of aromatic amines is 1. The second-order valence-electron chi connectivity index (χ2n) is 6.34. The fourth-order valence-electron chi connectivity index (χ4n) is 2.71. The standard InChI is InChI=1S/C17H16ClF3N6O2S/c1-30(28,29)23-8-9-3-2-4-10(5-9)14-12(17(19,20)21)6-11(7-13(14)18)24-16-25-15(22)26-27-16/h2-7,23H,8H2,1H3,(H4,22,24,25,26,27). The summed E-state index contributed by atoms with van der Waals surface area (Å²) in [7, 11) is -3.46. The van der Waals surface area contributed by atoms with Crippen LogP contribution in [-0.2, 0) is 22.7 Å². The normalized spacial score (nSPS) is 12.2. The molecule has 5 N–H and O–H groups in total. The fourth-order valence-corrected chi connectivity index (χ4v) is 3.46. The van der Waals surface area contributed by atoms with E-state index in [1.165, 1.54) is 24.3 Å². The van der Waals surface area contributed by atoms with Crippen LogP contribution in [0.15, 0.2) is 36.4 Å². The predicted molar refractivity (Wildman–Crippen MR) is 108 cm³/mol. The van der Waals surface area contributed by atoms with Crippen LogP contribution in [0.1, 0.15) is 11.1 Å². The number of nitrogens with zero attached hydrogens (tertiary/aromatic N) is 2. The molecule has 0 aliphatic heterocycles. The van der Waals surface area contributed by atoms with Gasteiger partial charge in [-0.25, -0.2) is 18.2 Å². The first kappa shape index (κ1) is 21.9. The van der Waals surface area contributed by atoms with E-state index in [-0.39, 0.29) is 40.3 Å². The number of aromatic nitrogens is 3. The molecule has 3 aromatic rings. The van der Waals surface area contributed by atoms with E-state index < -0.39 is 21.8 Å². The summed E-state index contributed by atoms with van der Waals surface area (Å²) in [6.07, 6.45) is -3.72. The lowest BCUT2D eigenvalue weighted by atomic mass is 9.97. The Bertz CT molecular complexity index is 1180. The van der Waals surface area contributed by atoms with Crippen molar-refractivity contribution in [2.45, 2.75) is 12.7 Å². The summed E-state index contributed by atoms with van der Waals surface area (Å²) in [6.45, 7) is -0.0719. The summed E-state index contributed by atoms with van der Waals surface area (Å²) in [6, 6.07) is 8.20. The molecular weight excluding hydrogens is 445 g/mol. The lowest BCUT2D eigenvalue weighted by Crippen LogP contribution is -2.21. The second kappa shape index (κ2) is 8.13. The third kappa shape index (κ3) is 5.40. The zero-order valence-corrected chi connectivity index (χ0v) is 17.0. The largest absolute Gasteiger partial charge is 0.417 e. The van der Waals surface area contributed by atoms with Crippen LogP contribution >= 0.6 is 11.6 Å². The fraction of sp³-hybridized carbons (Fsp3) is 0.176. The minimum absolute atomic E-state index is 0.00391. The Morgan fingerprint density at radius 2 is 1.97 bits per heavy atom. The molecule has 1 heterocycles. The van der Waals surface area contributed by atoms with Crippen LogP contribution in [0.3, 0.4) is 0 Å². The van der Waals surface area contributed by atoms with Gasteiger partial charge in [0, 0.05) is 17.8 Å². The van der Waals surface area contributed by atoms with Crippen LogP contribution in [-0.4, -0.2) is 29.9 Å². The van der Waals surface area contributed by atoms with Gasteiger partial charge in [-0.15, -0.1) is 5.10 Å². The first-order chi connectivity index (χ1) is 13.9. The Morgan fingerprint density at radius 1 is 1.23 bits per heavy atom. The number of hydrogen-bond donors (Lipinski definition) is 4. The number of sulfonamides is 1. The molecule has 0 atom stereocenters. The molecule has 13 heteroatoms. The Balaban J connectivity index is 2.04. The maximum atomic E-state index is 13.8. The van der Waals surface area contributed by atoms with E-state index in [4.69, 9.17) is 17.3 Å². The van der Waals surface area contributed by atoms with Crippen LogP contribution in [0.5, 0.6) is 0 Å². The second-order valence-corrected chi connectivity index (χ2v) is 8.58. The molecule has 160 valence electrons. The highest BCUT2D eigenvalue weighted by Gasteiger charge is 2.35. The van der Waals surface area contributed by atoms with Gasteiger partial charge in [0.1, 0.15) is 0 Å². The van der Waals surface area contributed by atoms with E-state index >= 15 is 0 Å². The Labute approximate surface area is 174 Å². The maximum Gasteiger partial charge on any atom is 0.417 e. The van der Waals surface area contributed by atoms with Crippen molar-refractivity contribution in [1.82, 2.24) is 19.9 Å². The minimum Gasteiger partial charge on any atom is -0.368 e. The average Bonchev–Trinajstić information content (AvgIpc) is 3.03. The molecule has 0 fully saturated rings. The molecule has 8 nitrogen and oxygen atoms in total. The first-order valence-electron chi connectivity index (χ1n) is 8.32. The Hall–Kier alpha value is -2.83. The molecule has 0 saturated carbocycles. The molecule has 0 aliphatic rings. The minimum atomic E-state index is -4.71.